The summed E-state index contributed by atoms with van der Waals surface area (Å²) in [6.07, 6.45) is 6.21. The van der Waals surface area contributed by atoms with Crippen molar-refractivity contribution in [3.8, 4) is 0 Å². The fourth-order valence-corrected chi connectivity index (χ4v) is 3.09. The van der Waals surface area contributed by atoms with Crippen LogP contribution in [0.4, 0.5) is 5.13 Å². The lowest BCUT2D eigenvalue weighted by Crippen LogP contribution is -2.36. The average Bonchev–Trinajstić information content (AvgIpc) is 3.17. The van der Waals surface area contributed by atoms with Crippen LogP contribution in [0, 0.1) is 0 Å². The van der Waals surface area contributed by atoms with Crippen LogP contribution in [0.15, 0.2) is 48.0 Å². The molecule has 21 heavy (non-hydrogen) atoms. The second kappa shape index (κ2) is 6.54. The van der Waals surface area contributed by atoms with E-state index < -0.39 is 0 Å². The topological polar surface area (TPSA) is 45.2 Å². The van der Waals surface area contributed by atoms with Gasteiger partial charge in [-0.05, 0) is 18.1 Å². The van der Waals surface area contributed by atoms with E-state index in [9.17, 15) is 4.79 Å². The number of aromatic nitrogens is 1. The molecule has 5 heteroatoms. The van der Waals surface area contributed by atoms with Gasteiger partial charge in [0.25, 0.3) is 0 Å². The van der Waals surface area contributed by atoms with Gasteiger partial charge in [0.15, 0.2) is 5.13 Å². The van der Waals surface area contributed by atoms with Gasteiger partial charge in [0.1, 0.15) is 0 Å². The van der Waals surface area contributed by atoms with Crippen molar-refractivity contribution in [2.45, 2.75) is 12.5 Å². The second-order valence-corrected chi connectivity index (χ2v) is 5.87. The van der Waals surface area contributed by atoms with Crippen LogP contribution in [0.1, 0.15) is 12.0 Å². The lowest BCUT2D eigenvalue weighted by atomic mass is 10.2. The molecule has 2 aromatic rings. The molecule has 1 fully saturated rings. The van der Waals surface area contributed by atoms with Crippen molar-refractivity contribution in [3.63, 3.8) is 0 Å². The molecule has 1 atom stereocenters. The zero-order valence-corrected chi connectivity index (χ0v) is 12.4. The predicted octanol–water partition coefficient (Wildman–Crippen LogP) is 2.55. The van der Waals surface area contributed by atoms with E-state index in [0.717, 1.165) is 30.2 Å². The van der Waals surface area contributed by atoms with Gasteiger partial charge in [-0.3, -0.25) is 4.79 Å². The number of amides is 1. The highest BCUT2D eigenvalue weighted by Crippen LogP contribution is 2.22. The predicted molar refractivity (Wildman–Crippen MR) is 86.4 cm³/mol. The lowest BCUT2D eigenvalue weighted by molar-refractivity contribution is -0.117. The molecule has 0 spiro atoms. The van der Waals surface area contributed by atoms with Crippen LogP contribution >= 0.6 is 11.3 Å². The molecule has 0 aliphatic carbocycles. The third-order valence-corrected chi connectivity index (χ3v) is 4.28. The van der Waals surface area contributed by atoms with E-state index >= 15 is 0 Å². The molecule has 2 heterocycles. The second-order valence-electron chi connectivity index (χ2n) is 5.00. The van der Waals surface area contributed by atoms with E-state index in [4.69, 9.17) is 0 Å². The van der Waals surface area contributed by atoms with Gasteiger partial charge in [0, 0.05) is 36.8 Å². The molecule has 1 unspecified atom stereocenters. The summed E-state index contributed by atoms with van der Waals surface area (Å²) in [6, 6.07) is 10.0. The Hall–Kier alpha value is -2.14. The zero-order chi connectivity index (χ0) is 14.5. The van der Waals surface area contributed by atoms with Gasteiger partial charge in [0.05, 0.1) is 0 Å². The third-order valence-electron chi connectivity index (χ3n) is 3.45. The van der Waals surface area contributed by atoms with Crippen molar-refractivity contribution in [2.75, 3.05) is 18.0 Å². The fourth-order valence-electron chi connectivity index (χ4n) is 2.41. The molecule has 1 amide bonds. The number of rotatable bonds is 4. The Balaban J connectivity index is 1.51. The largest absolute Gasteiger partial charge is 0.348 e. The molecule has 1 saturated heterocycles. The van der Waals surface area contributed by atoms with E-state index in [1.54, 1.807) is 17.4 Å². The smallest absolute Gasteiger partial charge is 0.244 e. The number of nitrogens with one attached hydrogen (secondary N) is 1. The number of carbonyl (C=O) groups excluding carboxylic acids is 1. The van der Waals surface area contributed by atoms with E-state index in [-0.39, 0.29) is 11.9 Å². The van der Waals surface area contributed by atoms with Crippen LogP contribution in [0.25, 0.3) is 6.08 Å². The van der Waals surface area contributed by atoms with Crippen LogP contribution in [0.2, 0.25) is 0 Å². The fraction of sp³-hybridized carbons (Fsp3) is 0.250. The molecule has 1 aromatic carbocycles. The number of nitrogens with zero attached hydrogens (tertiary/aromatic N) is 2. The number of carbonyl (C=O) groups is 1. The Bertz CT molecular complexity index is 610. The molecule has 3 rings (SSSR count). The molecular formula is C16H17N3OS. The molecule has 1 aliphatic rings. The average molecular weight is 299 g/mol. The van der Waals surface area contributed by atoms with Gasteiger partial charge in [-0.25, -0.2) is 4.98 Å². The first kappa shape index (κ1) is 13.8. The van der Waals surface area contributed by atoms with Gasteiger partial charge in [0.2, 0.25) is 5.91 Å². The van der Waals surface area contributed by atoms with Gasteiger partial charge >= 0.3 is 0 Å². The normalized spacial score (nSPS) is 18.3. The van der Waals surface area contributed by atoms with E-state index in [1.807, 2.05) is 48.0 Å². The Kier molecular flexibility index (Phi) is 4.31. The summed E-state index contributed by atoms with van der Waals surface area (Å²) in [6.45, 7) is 1.78. The van der Waals surface area contributed by atoms with Crippen LogP contribution in [-0.4, -0.2) is 30.0 Å². The molecular weight excluding hydrogens is 282 g/mol. The number of thiazole rings is 1. The maximum Gasteiger partial charge on any atom is 0.244 e. The first-order valence-corrected chi connectivity index (χ1v) is 7.87. The van der Waals surface area contributed by atoms with Crippen molar-refractivity contribution in [1.29, 1.82) is 0 Å². The van der Waals surface area contributed by atoms with Crippen LogP contribution in [-0.2, 0) is 4.79 Å². The van der Waals surface area contributed by atoms with Gasteiger partial charge in [-0.15, -0.1) is 11.3 Å². The number of benzene rings is 1. The maximum absolute atomic E-state index is 11.9. The van der Waals surface area contributed by atoms with Gasteiger partial charge in [-0.1, -0.05) is 30.3 Å². The van der Waals surface area contributed by atoms with Gasteiger partial charge < -0.3 is 10.2 Å². The molecule has 0 saturated carbocycles. The van der Waals surface area contributed by atoms with E-state index in [2.05, 4.69) is 15.2 Å². The van der Waals surface area contributed by atoms with Crippen molar-refractivity contribution in [2.24, 2.45) is 0 Å². The maximum atomic E-state index is 11.9. The summed E-state index contributed by atoms with van der Waals surface area (Å²) in [4.78, 5) is 18.5. The highest BCUT2D eigenvalue weighted by atomic mass is 32.1. The number of hydrogen-bond acceptors (Lipinski definition) is 4. The summed E-state index contributed by atoms with van der Waals surface area (Å²) >= 11 is 1.64. The minimum atomic E-state index is -0.0372. The molecule has 1 aromatic heterocycles. The van der Waals surface area contributed by atoms with Crippen molar-refractivity contribution in [1.82, 2.24) is 10.3 Å². The lowest BCUT2D eigenvalue weighted by Gasteiger charge is -2.15. The molecule has 0 radical (unpaired) electrons. The summed E-state index contributed by atoms with van der Waals surface area (Å²) < 4.78 is 0. The molecule has 1 N–H and O–H groups in total. The molecule has 108 valence electrons. The Morgan fingerprint density at radius 2 is 2.24 bits per heavy atom. The first-order chi connectivity index (χ1) is 10.3. The molecule has 1 aliphatic heterocycles. The van der Waals surface area contributed by atoms with Gasteiger partial charge in [-0.2, -0.15) is 0 Å². The van der Waals surface area contributed by atoms with Crippen LogP contribution in [0.5, 0.6) is 0 Å². The minimum Gasteiger partial charge on any atom is -0.348 e. The van der Waals surface area contributed by atoms with Crippen LogP contribution in [0.3, 0.4) is 0 Å². The summed E-state index contributed by atoms with van der Waals surface area (Å²) in [7, 11) is 0. The highest BCUT2D eigenvalue weighted by molar-refractivity contribution is 7.13. The van der Waals surface area contributed by atoms with E-state index in [1.165, 1.54) is 0 Å². The van der Waals surface area contributed by atoms with Crippen molar-refractivity contribution in [3.05, 3.63) is 53.5 Å². The molecule has 0 bridgehead atoms. The standard InChI is InChI=1S/C16H17N3OS/c20-15(7-6-13-4-2-1-3-5-13)18-14-8-10-19(12-14)16-17-9-11-21-16/h1-7,9,11,14H,8,10,12H2,(H,18,20). The van der Waals surface area contributed by atoms with E-state index in [0.29, 0.717) is 0 Å². The highest BCUT2D eigenvalue weighted by Gasteiger charge is 2.24. The third kappa shape index (κ3) is 3.70. The van der Waals surface area contributed by atoms with Crippen molar-refractivity contribution >= 4 is 28.5 Å². The summed E-state index contributed by atoms with van der Waals surface area (Å²) in [5, 5.41) is 6.06. The quantitative estimate of drug-likeness (QED) is 0.883. The molecule has 4 nitrogen and oxygen atoms in total. The monoisotopic (exact) mass is 299 g/mol. The minimum absolute atomic E-state index is 0.0372. The zero-order valence-electron chi connectivity index (χ0n) is 11.6. The Morgan fingerprint density at radius 3 is 3.00 bits per heavy atom. The van der Waals surface area contributed by atoms with Crippen molar-refractivity contribution < 1.29 is 4.79 Å². The Morgan fingerprint density at radius 1 is 1.38 bits per heavy atom. The van der Waals surface area contributed by atoms with Crippen LogP contribution < -0.4 is 10.2 Å². The summed E-state index contributed by atoms with van der Waals surface area (Å²) in [5.41, 5.74) is 1.03. The number of hydrogen-bond donors (Lipinski definition) is 1. The first-order valence-electron chi connectivity index (χ1n) is 6.99. The Labute approximate surface area is 128 Å². The SMILES string of the molecule is O=C(C=Cc1ccccc1)NC1CCN(c2nccs2)C1. The number of anilines is 1. The summed E-state index contributed by atoms with van der Waals surface area (Å²) in [5.74, 6) is -0.0372.